The van der Waals surface area contributed by atoms with Crippen LogP contribution in [-0.2, 0) is 10.9 Å². The van der Waals surface area contributed by atoms with Crippen LogP contribution in [0.15, 0.2) is 18.3 Å². The molecular weight excluding hydrogens is 259 g/mol. The number of carbonyl (C=O) groups is 1. The Kier molecular flexibility index (Phi) is 3.59. The van der Waals surface area contributed by atoms with Crippen LogP contribution in [0.25, 0.3) is 5.57 Å². The molecule has 0 radical (unpaired) electrons. The van der Waals surface area contributed by atoms with E-state index < -0.39 is 17.7 Å². The summed E-state index contributed by atoms with van der Waals surface area (Å²) in [6, 6.07) is 0.750. The highest BCUT2D eigenvalue weighted by Gasteiger charge is 2.35. The predicted molar refractivity (Wildman–Crippen MR) is 62.4 cm³/mol. The molecule has 0 amide bonds. The van der Waals surface area contributed by atoms with Crippen molar-refractivity contribution in [1.82, 2.24) is 4.98 Å². The molecule has 6 heteroatoms. The number of hydrogen-bond acceptors (Lipinski definition) is 3. The maximum absolute atomic E-state index is 13.0. The standard InChI is InChI=1S/C13H12F3NO2/c1-19-12(18)11-6-10(13(14,15)16)9(7-17-11)8-4-2-3-5-8/h4,6-7H,2-3,5H2,1H3. The normalized spacial score (nSPS) is 15.3. The number of aromatic nitrogens is 1. The quantitative estimate of drug-likeness (QED) is 0.773. The third-order valence-corrected chi connectivity index (χ3v) is 2.99. The van der Waals surface area contributed by atoms with E-state index in [9.17, 15) is 18.0 Å². The van der Waals surface area contributed by atoms with Crippen LogP contribution in [0.4, 0.5) is 13.2 Å². The van der Waals surface area contributed by atoms with Gasteiger partial charge in [0, 0.05) is 11.8 Å². The molecule has 0 N–H and O–H groups in total. The zero-order valence-electron chi connectivity index (χ0n) is 10.3. The van der Waals surface area contributed by atoms with E-state index in [0.717, 1.165) is 32.2 Å². The van der Waals surface area contributed by atoms with Gasteiger partial charge in [-0.3, -0.25) is 0 Å². The number of ether oxygens (including phenoxy) is 1. The van der Waals surface area contributed by atoms with Crippen molar-refractivity contribution in [3.05, 3.63) is 35.2 Å². The first-order valence-electron chi connectivity index (χ1n) is 5.78. The van der Waals surface area contributed by atoms with Crippen molar-refractivity contribution >= 4 is 11.5 Å². The third-order valence-electron chi connectivity index (χ3n) is 2.99. The molecule has 0 aliphatic heterocycles. The Bertz CT molecular complexity index is 535. The average Bonchev–Trinajstić information content (AvgIpc) is 2.90. The fraction of sp³-hybridized carbons (Fsp3) is 0.385. The minimum atomic E-state index is -4.52. The Morgan fingerprint density at radius 1 is 1.42 bits per heavy atom. The first kappa shape index (κ1) is 13.6. The van der Waals surface area contributed by atoms with Gasteiger partial charge in [-0.1, -0.05) is 6.08 Å². The van der Waals surface area contributed by atoms with Gasteiger partial charge < -0.3 is 4.74 Å². The fourth-order valence-electron chi connectivity index (χ4n) is 2.08. The maximum atomic E-state index is 13.0. The van der Waals surface area contributed by atoms with E-state index in [1.165, 1.54) is 0 Å². The molecule has 1 aliphatic carbocycles. The lowest BCUT2D eigenvalue weighted by atomic mass is 10.0. The number of allylic oxidation sites excluding steroid dienone is 2. The molecule has 3 nitrogen and oxygen atoms in total. The van der Waals surface area contributed by atoms with Crippen molar-refractivity contribution in [3.8, 4) is 0 Å². The van der Waals surface area contributed by atoms with Gasteiger partial charge in [0.15, 0.2) is 0 Å². The van der Waals surface area contributed by atoms with Crippen molar-refractivity contribution in [2.75, 3.05) is 7.11 Å². The molecule has 1 aromatic heterocycles. The Morgan fingerprint density at radius 2 is 2.16 bits per heavy atom. The molecule has 1 aromatic rings. The first-order chi connectivity index (χ1) is 8.93. The summed E-state index contributed by atoms with van der Waals surface area (Å²) in [4.78, 5) is 15.0. The summed E-state index contributed by atoms with van der Waals surface area (Å²) in [5.41, 5.74) is -0.484. The highest BCUT2D eigenvalue weighted by atomic mass is 19.4. The molecule has 2 rings (SSSR count). The van der Waals surface area contributed by atoms with E-state index in [2.05, 4.69) is 9.72 Å². The van der Waals surface area contributed by atoms with Gasteiger partial charge in [0.1, 0.15) is 5.69 Å². The van der Waals surface area contributed by atoms with Crippen molar-refractivity contribution in [2.45, 2.75) is 25.4 Å². The maximum Gasteiger partial charge on any atom is 0.417 e. The van der Waals surface area contributed by atoms with Crippen LogP contribution in [0.2, 0.25) is 0 Å². The number of carbonyl (C=O) groups excluding carboxylic acids is 1. The minimum Gasteiger partial charge on any atom is -0.464 e. The van der Waals surface area contributed by atoms with Crippen molar-refractivity contribution < 1.29 is 22.7 Å². The van der Waals surface area contributed by atoms with Crippen molar-refractivity contribution in [3.63, 3.8) is 0 Å². The first-order valence-corrected chi connectivity index (χ1v) is 5.78. The Balaban J connectivity index is 2.52. The summed E-state index contributed by atoms with van der Waals surface area (Å²) in [6.45, 7) is 0. The molecular formula is C13H12F3NO2. The molecule has 0 unspecified atom stereocenters. The Hall–Kier alpha value is -1.85. The highest BCUT2D eigenvalue weighted by Crippen LogP contribution is 2.38. The van der Waals surface area contributed by atoms with Crippen molar-refractivity contribution in [2.24, 2.45) is 0 Å². The summed E-state index contributed by atoms with van der Waals surface area (Å²) >= 11 is 0. The summed E-state index contributed by atoms with van der Waals surface area (Å²) in [5, 5.41) is 0. The molecule has 0 spiro atoms. The number of methoxy groups -OCH3 is 1. The number of alkyl halides is 3. The summed E-state index contributed by atoms with van der Waals surface area (Å²) in [5.74, 6) is -0.877. The lowest BCUT2D eigenvalue weighted by Gasteiger charge is -2.14. The van der Waals surface area contributed by atoms with E-state index in [-0.39, 0.29) is 11.3 Å². The summed E-state index contributed by atoms with van der Waals surface area (Å²) in [6.07, 6.45) is 0.569. The van der Waals surface area contributed by atoms with Crippen LogP contribution >= 0.6 is 0 Å². The van der Waals surface area contributed by atoms with Crippen LogP contribution in [0, 0.1) is 0 Å². The van der Waals surface area contributed by atoms with Gasteiger partial charge in [0.2, 0.25) is 0 Å². The molecule has 0 atom stereocenters. The average molecular weight is 271 g/mol. The predicted octanol–water partition coefficient (Wildman–Crippen LogP) is 3.45. The Labute approximate surface area is 108 Å². The largest absolute Gasteiger partial charge is 0.464 e. The monoisotopic (exact) mass is 271 g/mol. The molecule has 102 valence electrons. The van der Waals surface area contributed by atoms with Crippen LogP contribution in [0.3, 0.4) is 0 Å². The van der Waals surface area contributed by atoms with Gasteiger partial charge in [0.05, 0.1) is 12.7 Å². The van der Waals surface area contributed by atoms with E-state index in [4.69, 9.17) is 0 Å². The molecule has 0 bridgehead atoms. The lowest BCUT2D eigenvalue weighted by molar-refractivity contribution is -0.137. The van der Waals surface area contributed by atoms with E-state index in [0.29, 0.717) is 12.0 Å². The second kappa shape index (κ2) is 5.03. The van der Waals surface area contributed by atoms with E-state index in [1.54, 1.807) is 6.08 Å². The SMILES string of the molecule is COC(=O)c1cc(C(F)(F)F)c(C2=CCCC2)cn1. The van der Waals surface area contributed by atoms with Crippen LogP contribution in [0.1, 0.15) is 40.9 Å². The molecule has 0 saturated heterocycles. The summed E-state index contributed by atoms with van der Waals surface area (Å²) in [7, 11) is 1.10. The smallest absolute Gasteiger partial charge is 0.417 e. The van der Waals surface area contributed by atoms with Gasteiger partial charge in [0.25, 0.3) is 0 Å². The minimum absolute atomic E-state index is 0.0534. The van der Waals surface area contributed by atoms with E-state index >= 15 is 0 Å². The van der Waals surface area contributed by atoms with Crippen LogP contribution in [-0.4, -0.2) is 18.1 Å². The Morgan fingerprint density at radius 3 is 2.68 bits per heavy atom. The molecule has 0 aromatic carbocycles. The van der Waals surface area contributed by atoms with Gasteiger partial charge >= 0.3 is 12.1 Å². The fourth-order valence-corrected chi connectivity index (χ4v) is 2.08. The van der Waals surface area contributed by atoms with E-state index in [1.807, 2.05) is 0 Å². The molecule has 1 aliphatic rings. The zero-order valence-corrected chi connectivity index (χ0v) is 10.3. The zero-order chi connectivity index (χ0) is 14.0. The molecule has 19 heavy (non-hydrogen) atoms. The van der Waals surface area contributed by atoms with Gasteiger partial charge in [-0.25, -0.2) is 9.78 Å². The van der Waals surface area contributed by atoms with Crippen LogP contribution in [0.5, 0.6) is 0 Å². The third kappa shape index (κ3) is 2.77. The number of rotatable bonds is 2. The second-order valence-corrected chi connectivity index (χ2v) is 4.23. The number of hydrogen-bond donors (Lipinski definition) is 0. The molecule has 0 fully saturated rings. The lowest BCUT2D eigenvalue weighted by Crippen LogP contribution is -2.13. The van der Waals surface area contributed by atoms with Crippen molar-refractivity contribution in [1.29, 1.82) is 0 Å². The van der Waals surface area contributed by atoms with Gasteiger partial charge in [-0.15, -0.1) is 0 Å². The number of esters is 1. The number of pyridine rings is 1. The summed E-state index contributed by atoms with van der Waals surface area (Å²) < 4.78 is 43.5. The number of nitrogens with zero attached hydrogens (tertiary/aromatic N) is 1. The highest BCUT2D eigenvalue weighted by molar-refractivity contribution is 5.88. The number of halogens is 3. The molecule has 0 saturated carbocycles. The topological polar surface area (TPSA) is 39.2 Å². The van der Waals surface area contributed by atoms with Gasteiger partial charge in [-0.05, 0) is 30.9 Å². The second-order valence-electron chi connectivity index (χ2n) is 4.23. The van der Waals surface area contributed by atoms with Crippen LogP contribution < -0.4 is 0 Å². The van der Waals surface area contributed by atoms with Gasteiger partial charge in [-0.2, -0.15) is 13.2 Å². The molecule has 1 heterocycles.